The first kappa shape index (κ1) is 22.1. The van der Waals surface area contributed by atoms with Gasteiger partial charge in [0.15, 0.2) is 9.84 Å². The number of hydrogen-bond acceptors (Lipinski definition) is 4. The van der Waals surface area contributed by atoms with E-state index in [2.05, 4.69) is 16.7 Å². The maximum atomic E-state index is 12.7. The number of rotatable bonds is 3. The monoisotopic (exact) mass is 446 g/mol. The molecule has 0 N–H and O–H groups in total. The van der Waals surface area contributed by atoms with Crippen LogP contribution >= 0.6 is 0 Å². The molecule has 0 atom stereocenters. The molecule has 0 aliphatic carbocycles. The van der Waals surface area contributed by atoms with Crippen molar-refractivity contribution in [1.29, 1.82) is 0 Å². The molecule has 1 saturated heterocycles. The van der Waals surface area contributed by atoms with Gasteiger partial charge in [0.05, 0.1) is 4.90 Å². The van der Waals surface area contributed by atoms with Crippen LogP contribution in [0.4, 0.5) is 0 Å². The van der Waals surface area contributed by atoms with Crippen molar-refractivity contribution in [3.05, 3.63) is 77.9 Å². The number of amides is 1. The highest BCUT2D eigenvalue weighted by Gasteiger charge is 2.18. The lowest BCUT2D eigenvalue weighted by Crippen LogP contribution is -2.34. The molecule has 5 nitrogen and oxygen atoms in total. The molecule has 32 heavy (non-hydrogen) atoms. The fourth-order valence-electron chi connectivity index (χ4n) is 3.97. The molecule has 1 aliphatic rings. The van der Waals surface area contributed by atoms with E-state index < -0.39 is 9.84 Å². The third kappa shape index (κ3) is 5.37. The number of carbonyl (C=O) groups is 1. The van der Waals surface area contributed by atoms with E-state index in [1.807, 2.05) is 59.5 Å². The van der Waals surface area contributed by atoms with Crippen molar-refractivity contribution in [2.24, 2.45) is 0 Å². The highest BCUT2D eigenvalue weighted by Crippen LogP contribution is 2.17. The molecule has 0 bridgehead atoms. The predicted molar refractivity (Wildman–Crippen MR) is 127 cm³/mol. The molecule has 6 heteroatoms. The molecule has 4 rings (SSSR count). The SMILES string of the molecule is CS(=O)(=O)c1ccc(CN2CCCN(C(=O)C#Cc3cccc4ccccc34)CC2)cc1. The average molecular weight is 447 g/mol. The van der Waals surface area contributed by atoms with Crippen LogP contribution in [-0.2, 0) is 21.2 Å². The minimum Gasteiger partial charge on any atom is -0.331 e. The Bertz CT molecular complexity index is 1280. The smallest absolute Gasteiger partial charge is 0.298 e. The molecule has 0 unspecified atom stereocenters. The molecule has 164 valence electrons. The Morgan fingerprint density at radius 3 is 2.44 bits per heavy atom. The van der Waals surface area contributed by atoms with Gasteiger partial charge in [-0.1, -0.05) is 54.5 Å². The van der Waals surface area contributed by atoms with Crippen LogP contribution in [0, 0.1) is 11.8 Å². The van der Waals surface area contributed by atoms with Crippen LogP contribution in [0.3, 0.4) is 0 Å². The van der Waals surface area contributed by atoms with Crippen molar-refractivity contribution in [3.63, 3.8) is 0 Å². The van der Waals surface area contributed by atoms with Gasteiger partial charge in [0.2, 0.25) is 0 Å². The molecule has 1 aliphatic heterocycles. The summed E-state index contributed by atoms with van der Waals surface area (Å²) in [6.07, 6.45) is 2.09. The number of sulfone groups is 1. The third-order valence-electron chi connectivity index (χ3n) is 5.73. The van der Waals surface area contributed by atoms with Crippen LogP contribution in [0.5, 0.6) is 0 Å². The molecule has 0 saturated carbocycles. The summed E-state index contributed by atoms with van der Waals surface area (Å²) in [4.78, 5) is 17.2. The average Bonchev–Trinajstić information content (AvgIpc) is 3.03. The van der Waals surface area contributed by atoms with Crippen LogP contribution in [0.2, 0.25) is 0 Å². The lowest BCUT2D eigenvalue weighted by Gasteiger charge is -2.20. The zero-order chi connectivity index (χ0) is 22.6. The van der Waals surface area contributed by atoms with Gasteiger partial charge in [-0.05, 0) is 41.0 Å². The van der Waals surface area contributed by atoms with Crippen LogP contribution < -0.4 is 0 Å². The number of hydrogen-bond donors (Lipinski definition) is 0. The van der Waals surface area contributed by atoms with Crippen molar-refractivity contribution >= 4 is 26.5 Å². The van der Waals surface area contributed by atoms with E-state index in [9.17, 15) is 13.2 Å². The number of nitrogens with zero attached hydrogens (tertiary/aromatic N) is 2. The molecule has 3 aromatic carbocycles. The van der Waals surface area contributed by atoms with Gasteiger partial charge in [0, 0.05) is 50.5 Å². The number of carbonyl (C=O) groups excluding carboxylic acids is 1. The normalized spacial score (nSPS) is 15.1. The first-order chi connectivity index (χ1) is 15.4. The van der Waals surface area contributed by atoms with Gasteiger partial charge in [-0.25, -0.2) is 8.42 Å². The Labute approximate surface area is 189 Å². The standard InChI is InChI=1S/C26H26N2O3S/c1-32(30,31)24-13-10-21(11-14-24)20-27-16-5-17-28(19-18-27)26(29)15-12-23-8-4-7-22-6-2-3-9-25(22)23/h2-4,6-11,13-14H,5,16-20H2,1H3. The van der Waals surface area contributed by atoms with Gasteiger partial charge in [-0.3, -0.25) is 9.69 Å². The molecule has 0 aromatic heterocycles. The Balaban J connectivity index is 1.38. The first-order valence-electron chi connectivity index (χ1n) is 10.7. The molecule has 1 heterocycles. The molecule has 1 fully saturated rings. The largest absolute Gasteiger partial charge is 0.331 e. The molecular formula is C26H26N2O3S. The summed E-state index contributed by atoms with van der Waals surface area (Å²) >= 11 is 0. The van der Waals surface area contributed by atoms with E-state index in [-0.39, 0.29) is 5.91 Å². The van der Waals surface area contributed by atoms with E-state index in [0.29, 0.717) is 18.0 Å². The second-order valence-corrected chi connectivity index (χ2v) is 10.1. The van der Waals surface area contributed by atoms with Crippen molar-refractivity contribution in [1.82, 2.24) is 9.80 Å². The van der Waals surface area contributed by atoms with Crippen LogP contribution in [0.1, 0.15) is 17.5 Å². The van der Waals surface area contributed by atoms with Crippen molar-refractivity contribution in [3.8, 4) is 11.8 Å². The Hall–Kier alpha value is -3.14. The van der Waals surface area contributed by atoms with Gasteiger partial charge < -0.3 is 4.90 Å². The van der Waals surface area contributed by atoms with Gasteiger partial charge in [0.1, 0.15) is 0 Å². The minimum atomic E-state index is -3.18. The minimum absolute atomic E-state index is 0.141. The summed E-state index contributed by atoms with van der Waals surface area (Å²) in [5, 5.41) is 2.17. The van der Waals surface area contributed by atoms with E-state index in [4.69, 9.17) is 0 Å². The number of fused-ring (bicyclic) bond motifs is 1. The maximum absolute atomic E-state index is 12.7. The van der Waals surface area contributed by atoms with Gasteiger partial charge in [0.25, 0.3) is 5.91 Å². The summed E-state index contributed by atoms with van der Waals surface area (Å²) < 4.78 is 23.3. The highest BCUT2D eigenvalue weighted by molar-refractivity contribution is 7.90. The fourth-order valence-corrected chi connectivity index (χ4v) is 4.60. The van der Waals surface area contributed by atoms with Crippen LogP contribution in [-0.4, -0.2) is 56.6 Å². The fraction of sp³-hybridized carbons (Fsp3) is 0.269. The summed E-state index contributed by atoms with van der Waals surface area (Å²) in [5.41, 5.74) is 1.93. The van der Waals surface area contributed by atoms with Crippen molar-refractivity contribution in [2.45, 2.75) is 17.9 Å². The van der Waals surface area contributed by atoms with E-state index >= 15 is 0 Å². The van der Waals surface area contributed by atoms with E-state index in [1.54, 1.807) is 12.1 Å². The zero-order valence-electron chi connectivity index (χ0n) is 18.1. The highest BCUT2D eigenvalue weighted by atomic mass is 32.2. The summed E-state index contributed by atoms with van der Waals surface area (Å²) in [5.74, 6) is 5.76. The zero-order valence-corrected chi connectivity index (χ0v) is 18.9. The number of benzene rings is 3. The quantitative estimate of drug-likeness (QED) is 0.579. The second-order valence-electron chi connectivity index (χ2n) is 8.11. The van der Waals surface area contributed by atoms with Gasteiger partial charge in [-0.15, -0.1) is 0 Å². The summed E-state index contributed by atoms with van der Waals surface area (Å²) in [7, 11) is -3.18. The Morgan fingerprint density at radius 2 is 1.66 bits per heavy atom. The van der Waals surface area contributed by atoms with E-state index in [1.165, 1.54) is 6.26 Å². The summed E-state index contributed by atoms with van der Waals surface area (Å²) in [6, 6.07) is 21.0. The predicted octanol–water partition coefficient (Wildman–Crippen LogP) is 3.33. The second kappa shape index (κ2) is 9.56. The maximum Gasteiger partial charge on any atom is 0.298 e. The third-order valence-corrected chi connectivity index (χ3v) is 6.86. The van der Waals surface area contributed by atoms with Gasteiger partial charge >= 0.3 is 0 Å². The van der Waals surface area contributed by atoms with E-state index in [0.717, 1.165) is 48.0 Å². The van der Waals surface area contributed by atoms with Crippen LogP contribution in [0.15, 0.2) is 71.6 Å². The molecule has 1 amide bonds. The Morgan fingerprint density at radius 1 is 0.906 bits per heavy atom. The lowest BCUT2D eigenvalue weighted by atomic mass is 10.1. The lowest BCUT2D eigenvalue weighted by molar-refractivity contribution is -0.125. The van der Waals surface area contributed by atoms with Crippen molar-refractivity contribution < 1.29 is 13.2 Å². The molecule has 0 radical (unpaired) electrons. The first-order valence-corrected chi connectivity index (χ1v) is 12.6. The van der Waals surface area contributed by atoms with Gasteiger partial charge in [-0.2, -0.15) is 0 Å². The summed E-state index contributed by atoms with van der Waals surface area (Å²) in [6.45, 7) is 3.69. The van der Waals surface area contributed by atoms with Crippen molar-refractivity contribution in [2.75, 3.05) is 32.4 Å². The molecular weight excluding hydrogens is 420 g/mol. The molecule has 0 spiro atoms. The topological polar surface area (TPSA) is 57.7 Å². The molecule has 3 aromatic rings. The Kier molecular flexibility index (Phi) is 6.59. The van der Waals surface area contributed by atoms with Crippen LogP contribution in [0.25, 0.3) is 10.8 Å².